The summed E-state index contributed by atoms with van der Waals surface area (Å²) in [7, 11) is 0. The monoisotopic (exact) mass is 357 g/mol. The van der Waals surface area contributed by atoms with Crippen LogP contribution in [0.5, 0.6) is 0 Å². The number of hydrogen-bond donors (Lipinski definition) is 2. The smallest absolute Gasteiger partial charge is 0.289 e. The van der Waals surface area contributed by atoms with Crippen LogP contribution in [0.1, 0.15) is 5.56 Å². The summed E-state index contributed by atoms with van der Waals surface area (Å²) in [5.74, 6) is 0.732. The number of rotatable bonds is 4. The van der Waals surface area contributed by atoms with E-state index in [1.165, 1.54) is 6.07 Å². The van der Waals surface area contributed by atoms with Gasteiger partial charge in [0.1, 0.15) is 17.8 Å². The lowest BCUT2D eigenvalue weighted by Gasteiger charge is -2.09. The third-order valence-electron chi connectivity index (χ3n) is 2.45. The normalized spacial score (nSPS) is 10.3. The van der Waals surface area contributed by atoms with Crippen molar-refractivity contribution in [3.8, 4) is 0 Å². The Bertz CT molecular complexity index is 667. The van der Waals surface area contributed by atoms with Crippen molar-refractivity contribution in [2.24, 2.45) is 0 Å². The maximum Gasteiger partial charge on any atom is 0.289 e. The first-order valence-electron chi connectivity index (χ1n) is 5.41. The highest BCUT2D eigenvalue weighted by Gasteiger charge is 2.11. The minimum atomic E-state index is -0.557. The van der Waals surface area contributed by atoms with Gasteiger partial charge in [0.25, 0.3) is 5.69 Å². The van der Waals surface area contributed by atoms with E-state index in [0.29, 0.717) is 18.2 Å². The molecule has 2 rings (SSSR count). The van der Waals surface area contributed by atoms with Crippen LogP contribution < -0.4 is 11.1 Å². The van der Waals surface area contributed by atoms with Crippen LogP contribution in [-0.2, 0) is 6.54 Å². The third kappa shape index (κ3) is 3.34. The number of nitrogens with two attached hydrogens (primary N) is 1. The molecule has 20 heavy (non-hydrogen) atoms. The van der Waals surface area contributed by atoms with Crippen molar-refractivity contribution in [2.45, 2.75) is 6.54 Å². The van der Waals surface area contributed by atoms with Crippen molar-refractivity contribution < 1.29 is 4.92 Å². The van der Waals surface area contributed by atoms with Crippen LogP contribution in [0.2, 0.25) is 5.02 Å². The molecule has 0 aliphatic rings. The Labute approximate surface area is 127 Å². The molecule has 2 aromatic rings. The molecule has 0 atom stereocenters. The van der Waals surface area contributed by atoms with Crippen molar-refractivity contribution in [1.82, 2.24) is 9.97 Å². The molecule has 0 bridgehead atoms. The Hall–Kier alpha value is -1.93. The van der Waals surface area contributed by atoms with Gasteiger partial charge < -0.3 is 11.1 Å². The molecule has 2 aromatic heterocycles. The van der Waals surface area contributed by atoms with Crippen LogP contribution in [0.4, 0.5) is 17.3 Å². The summed E-state index contributed by atoms with van der Waals surface area (Å²) in [5, 5.41) is 13.7. The molecule has 0 saturated carbocycles. The topological polar surface area (TPSA) is 107 Å². The predicted octanol–water partition coefficient (Wildman–Crippen LogP) is 3.00. The van der Waals surface area contributed by atoms with E-state index in [1.54, 1.807) is 6.20 Å². The van der Waals surface area contributed by atoms with E-state index in [-0.39, 0.29) is 10.7 Å². The number of pyridine rings is 2. The molecule has 0 amide bonds. The number of nitro groups is 1. The Morgan fingerprint density at radius 1 is 1.40 bits per heavy atom. The van der Waals surface area contributed by atoms with Crippen molar-refractivity contribution in [3.05, 3.63) is 49.7 Å². The van der Waals surface area contributed by atoms with Gasteiger partial charge in [-0.15, -0.1) is 0 Å². The highest BCUT2D eigenvalue weighted by Crippen LogP contribution is 2.25. The van der Waals surface area contributed by atoms with Gasteiger partial charge >= 0.3 is 0 Å². The van der Waals surface area contributed by atoms with Crippen LogP contribution in [0, 0.1) is 10.1 Å². The van der Waals surface area contributed by atoms with Gasteiger partial charge in [0.2, 0.25) is 0 Å². The first-order valence-corrected chi connectivity index (χ1v) is 6.58. The van der Waals surface area contributed by atoms with E-state index in [0.717, 1.165) is 16.2 Å². The lowest BCUT2D eigenvalue weighted by molar-refractivity contribution is -0.385. The maximum absolute atomic E-state index is 10.6. The summed E-state index contributed by atoms with van der Waals surface area (Å²) >= 11 is 9.23. The van der Waals surface area contributed by atoms with Crippen molar-refractivity contribution in [2.75, 3.05) is 11.1 Å². The van der Waals surface area contributed by atoms with Crippen molar-refractivity contribution in [3.63, 3.8) is 0 Å². The third-order valence-corrected chi connectivity index (χ3v) is 3.17. The molecular weight excluding hydrogens is 350 g/mol. The highest BCUT2D eigenvalue weighted by atomic mass is 79.9. The fourth-order valence-corrected chi connectivity index (χ4v) is 2.08. The number of nitrogen functional groups attached to an aromatic ring is 1. The summed E-state index contributed by atoms with van der Waals surface area (Å²) in [5.41, 5.74) is 6.34. The largest absolute Gasteiger partial charge is 0.383 e. The molecule has 0 aromatic carbocycles. The zero-order valence-electron chi connectivity index (χ0n) is 10.0. The van der Waals surface area contributed by atoms with Crippen LogP contribution in [0.3, 0.4) is 0 Å². The number of aromatic nitrogens is 2. The molecule has 104 valence electrons. The summed E-state index contributed by atoms with van der Waals surface area (Å²) in [4.78, 5) is 17.9. The van der Waals surface area contributed by atoms with Gasteiger partial charge in [-0.3, -0.25) is 10.1 Å². The Morgan fingerprint density at radius 3 is 2.80 bits per heavy atom. The minimum Gasteiger partial charge on any atom is -0.383 e. The lowest BCUT2D eigenvalue weighted by atomic mass is 10.2. The van der Waals surface area contributed by atoms with Gasteiger partial charge in [0.15, 0.2) is 0 Å². The molecular formula is C11H9BrClN5O2. The van der Waals surface area contributed by atoms with Gasteiger partial charge in [-0.2, -0.15) is 0 Å². The van der Waals surface area contributed by atoms with Gasteiger partial charge in [0.05, 0.1) is 9.95 Å². The number of nitrogens with one attached hydrogen (secondary N) is 1. The molecule has 0 spiro atoms. The minimum absolute atomic E-state index is 0.163. The molecule has 0 aliphatic heterocycles. The van der Waals surface area contributed by atoms with Gasteiger partial charge in [0, 0.05) is 28.8 Å². The number of nitrogens with zero attached hydrogens (tertiary/aromatic N) is 3. The summed E-state index contributed by atoms with van der Waals surface area (Å²) in [6.07, 6.45) is 2.73. The number of halogens is 2. The fraction of sp³-hybridized carbons (Fsp3) is 0.0909. The molecule has 0 aliphatic carbocycles. The Balaban J connectivity index is 2.15. The van der Waals surface area contributed by atoms with E-state index in [4.69, 9.17) is 17.3 Å². The SMILES string of the molecule is Nc1ncc(Br)cc1CNc1ncc([N+](=O)[O-])cc1Cl. The lowest BCUT2D eigenvalue weighted by Crippen LogP contribution is -2.06. The maximum atomic E-state index is 10.6. The van der Waals surface area contributed by atoms with E-state index in [1.807, 2.05) is 6.07 Å². The first-order chi connectivity index (χ1) is 9.47. The van der Waals surface area contributed by atoms with Crippen LogP contribution >= 0.6 is 27.5 Å². The Kier molecular flexibility index (Phi) is 4.35. The van der Waals surface area contributed by atoms with Gasteiger partial charge in [-0.05, 0) is 22.0 Å². The molecule has 0 radical (unpaired) electrons. The van der Waals surface area contributed by atoms with Crippen LogP contribution in [-0.4, -0.2) is 14.9 Å². The van der Waals surface area contributed by atoms with Crippen LogP contribution in [0.15, 0.2) is 29.0 Å². The summed E-state index contributed by atoms with van der Waals surface area (Å²) in [6.45, 7) is 0.350. The van der Waals surface area contributed by atoms with E-state index < -0.39 is 4.92 Å². The molecule has 3 N–H and O–H groups in total. The number of anilines is 2. The van der Waals surface area contributed by atoms with E-state index >= 15 is 0 Å². The average Bonchev–Trinajstić information content (AvgIpc) is 2.40. The van der Waals surface area contributed by atoms with Gasteiger partial charge in [-0.25, -0.2) is 9.97 Å². The molecule has 2 heterocycles. The first kappa shape index (κ1) is 14.5. The van der Waals surface area contributed by atoms with Crippen molar-refractivity contribution >= 4 is 44.9 Å². The standard InChI is InChI=1S/C11H9BrClN5O2/c12-7-1-6(10(14)15-4-7)3-16-11-9(13)2-8(5-17-11)18(19)20/h1-2,4-5H,3H2,(H2,14,15)(H,16,17). The second kappa shape index (κ2) is 6.02. The highest BCUT2D eigenvalue weighted by molar-refractivity contribution is 9.10. The molecule has 9 heteroatoms. The molecule has 0 unspecified atom stereocenters. The molecule has 7 nitrogen and oxygen atoms in total. The second-order valence-electron chi connectivity index (χ2n) is 3.83. The fourth-order valence-electron chi connectivity index (χ4n) is 1.47. The molecule has 0 saturated heterocycles. The predicted molar refractivity (Wildman–Crippen MR) is 79.6 cm³/mol. The Morgan fingerprint density at radius 2 is 2.15 bits per heavy atom. The zero-order valence-corrected chi connectivity index (χ0v) is 12.3. The quantitative estimate of drug-likeness (QED) is 0.642. The zero-order chi connectivity index (χ0) is 14.7. The average molecular weight is 359 g/mol. The number of hydrogen-bond acceptors (Lipinski definition) is 6. The van der Waals surface area contributed by atoms with E-state index in [2.05, 4.69) is 31.2 Å². The summed E-state index contributed by atoms with van der Waals surface area (Å²) in [6, 6.07) is 3.05. The van der Waals surface area contributed by atoms with Gasteiger partial charge in [-0.1, -0.05) is 11.6 Å². The summed E-state index contributed by atoms with van der Waals surface area (Å²) < 4.78 is 0.797. The molecule has 0 fully saturated rings. The van der Waals surface area contributed by atoms with Crippen molar-refractivity contribution in [1.29, 1.82) is 0 Å². The second-order valence-corrected chi connectivity index (χ2v) is 5.16. The van der Waals surface area contributed by atoms with Crippen LogP contribution in [0.25, 0.3) is 0 Å². The van der Waals surface area contributed by atoms with E-state index in [9.17, 15) is 10.1 Å².